The molecule has 4 N–H and O–H groups in total. The molecule has 0 bridgehead atoms. The zero-order chi connectivity index (χ0) is 13.9. The molecule has 0 saturated carbocycles. The first-order valence-corrected chi connectivity index (χ1v) is 8.41. The monoisotopic (exact) mass is 361 g/mol. The number of hydrazine groups is 1. The third kappa shape index (κ3) is 3.77. The van der Waals surface area contributed by atoms with Gasteiger partial charge in [0.15, 0.2) is 0 Å². The summed E-state index contributed by atoms with van der Waals surface area (Å²) in [6.45, 7) is 0.273. The minimum absolute atomic E-state index is 0.210. The van der Waals surface area contributed by atoms with Crippen LogP contribution in [0.2, 0.25) is 0 Å². The molecule has 0 atom stereocenters. The van der Waals surface area contributed by atoms with Crippen LogP contribution >= 0.6 is 27.3 Å². The number of sulfonamides is 1. The second-order valence-corrected chi connectivity index (χ2v) is 8.01. The van der Waals surface area contributed by atoms with Crippen molar-refractivity contribution in [3.05, 3.63) is 45.1 Å². The molecule has 0 spiro atoms. The Morgan fingerprint density at radius 2 is 1.84 bits per heavy atom. The van der Waals surface area contributed by atoms with Gasteiger partial charge in [0.25, 0.3) is 0 Å². The van der Waals surface area contributed by atoms with Gasteiger partial charge >= 0.3 is 0 Å². The van der Waals surface area contributed by atoms with Crippen molar-refractivity contribution in [2.75, 3.05) is 5.43 Å². The molecule has 5 nitrogen and oxygen atoms in total. The molecule has 1 aromatic carbocycles. The number of anilines is 1. The van der Waals surface area contributed by atoms with Gasteiger partial charge in [-0.05, 0) is 52.3 Å². The van der Waals surface area contributed by atoms with Gasteiger partial charge in [-0.15, -0.1) is 11.3 Å². The number of benzene rings is 1. The van der Waals surface area contributed by atoms with Crippen molar-refractivity contribution in [3.8, 4) is 0 Å². The number of nitrogens with two attached hydrogens (primary N) is 1. The van der Waals surface area contributed by atoms with Crippen molar-refractivity contribution in [1.82, 2.24) is 4.72 Å². The summed E-state index contributed by atoms with van der Waals surface area (Å²) in [5, 5.41) is 0. The molecule has 1 heterocycles. The molecule has 102 valence electrons. The van der Waals surface area contributed by atoms with Gasteiger partial charge in [-0.3, -0.25) is 5.84 Å². The summed E-state index contributed by atoms with van der Waals surface area (Å²) >= 11 is 4.83. The van der Waals surface area contributed by atoms with E-state index in [2.05, 4.69) is 26.1 Å². The van der Waals surface area contributed by atoms with Crippen molar-refractivity contribution in [3.63, 3.8) is 0 Å². The van der Waals surface area contributed by atoms with Gasteiger partial charge in [-0.25, -0.2) is 13.1 Å². The predicted octanol–water partition coefficient (Wildman–Crippen LogP) is 2.27. The lowest BCUT2D eigenvalue weighted by atomic mass is 10.3. The summed E-state index contributed by atoms with van der Waals surface area (Å²) in [6, 6.07) is 9.98. The van der Waals surface area contributed by atoms with Crippen LogP contribution < -0.4 is 16.0 Å². The number of rotatable bonds is 5. The first-order chi connectivity index (χ1) is 9.01. The zero-order valence-corrected chi connectivity index (χ0v) is 13.0. The van der Waals surface area contributed by atoms with E-state index in [0.717, 1.165) is 8.66 Å². The van der Waals surface area contributed by atoms with Crippen molar-refractivity contribution in [2.24, 2.45) is 5.84 Å². The summed E-state index contributed by atoms with van der Waals surface area (Å²) in [5.74, 6) is 5.23. The lowest BCUT2D eigenvalue weighted by Gasteiger charge is -2.06. The van der Waals surface area contributed by atoms with Crippen molar-refractivity contribution in [2.45, 2.75) is 11.4 Å². The lowest BCUT2D eigenvalue weighted by Crippen LogP contribution is -2.22. The normalized spacial score (nSPS) is 11.5. The topological polar surface area (TPSA) is 84.2 Å². The van der Waals surface area contributed by atoms with Crippen molar-refractivity contribution in [1.29, 1.82) is 0 Å². The van der Waals surface area contributed by atoms with E-state index in [4.69, 9.17) is 5.84 Å². The van der Waals surface area contributed by atoms with E-state index in [9.17, 15) is 8.42 Å². The van der Waals surface area contributed by atoms with E-state index < -0.39 is 10.0 Å². The van der Waals surface area contributed by atoms with Crippen LogP contribution in [-0.2, 0) is 16.6 Å². The summed E-state index contributed by atoms with van der Waals surface area (Å²) < 4.78 is 27.6. The van der Waals surface area contributed by atoms with E-state index in [0.29, 0.717) is 5.69 Å². The van der Waals surface area contributed by atoms with Crippen LogP contribution in [0.4, 0.5) is 5.69 Å². The molecule has 0 amide bonds. The molecular formula is C11H12BrN3O2S2. The van der Waals surface area contributed by atoms with E-state index in [1.165, 1.54) is 23.5 Å². The first kappa shape index (κ1) is 14.5. The highest BCUT2D eigenvalue weighted by molar-refractivity contribution is 9.11. The van der Waals surface area contributed by atoms with Crippen molar-refractivity contribution < 1.29 is 8.42 Å². The highest BCUT2D eigenvalue weighted by Crippen LogP contribution is 2.22. The maximum Gasteiger partial charge on any atom is 0.240 e. The summed E-state index contributed by atoms with van der Waals surface area (Å²) in [7, 11) is -3.50. The molecule has 0 radical (unpaired) electrons. The smallest absolute Gasteiger partial charge is 0.240 e. The van der Waals surface area contributed by atoms with Crippen LogP contribution in [0.15, 0.2) is 45.1 Å². The molecule has 0 saturated heterocycles. The molecule has 0 aliphatic rings. The average molecular weight is 362 g/mol. The Hall–Kier alpha value is -0.930. The standard InChI is InChI=1S/C11H12BrN3O2S2/c12-11-6-3-9(18-11)7-14-19(16,17)10-4-1-8(15-13)2-5-10/h1-6,14-15H,7,13H2. The fourth-order valence-electron chi connectivity index (χ4n) is 1.43. The Bertz CT molecular complexity index is 653. The zero-order valence-electron chi connectivity index (χ0n) is 9.76. The van der Waals surface area contributed by atoms with Gasteiger partial charge in [-0.1, -0.05) is 0 Å². The Morgan fingerprint density at radius 1 is 1.16 bits per heavy atom. The average Bonchev–Trinajstić information content (AvgIpc) is 2.82. The summed E-state index contributed by atoms with van der Waals surface area (Å²) in [5.41, 5.74) is 3.10. The third-order valence-corrected chi connectivity index (χ3v) is 5.44. The lowest BCUT2D eigenvalue weighted by molar-refractivity contribution is 0.582. The van der Waals surface area contributed by atoms with Gasteiger partial charge in [0, 0.05) is 17.1 Å². The molecule has 0 aliphatic carbocycles. The highest BCUT2D eigenvalue weighted by Gasteiger charge is 2.13. The van der Waals surface area contributed by atoms with Gasteiger partial charge in [-0.2, -0.15) is 0 Å². The number of thiophene rings is 1. The van der Waals surface area contributed by atoms with Crippen LogP contribution in [0.1, 0.15) is 4.88 Å². The third-order valence-electron chi connectivity index (χ3n) is 2.40. The first-order valence-electron chi connectivity index (χ1n) is 5.32. The Morgan fingerprint density at radius 3 is 2.37 bits per heavy atom. The minimum Gasteiger partial charge on any atom is -0.324 e. The van der Waals surface area contributed by atoms with Crippen LogP contribution in [0.3, 0.4) is 0 Å². The second-order valence-electron chi connectivity index (χ2n) is 3.70. The molecule has 2 aromatic rings. The fraction of sp³-hybridized carbons (Fsp3) is 0.0909. The molecular weight excluding hydrogens is 350 g/mol. The molecule has 19 heavy (non-hydrogen) atoms. The number of hydrogen-bond donors (Lipinski definition) is 3. The number of nitrogen functional groups attached to an aromatic ring is 1. The van der Waals surface area contributed by atoms with Crippen LogP contribution in [-0.4, -0.2) is 8.42 Å². The Kier molecular flexibility index (Phi) is 4.58. The highest BCUT2D eigenvalue weighted by atomic mass is 79.9. The van der Waals surface area contributed by atoms with Gasteiger partial charge < -0.3 is 5.43 Å². The summed E-state index contributed by atoms with van der Waals surface area (Å²) in [6.07, 6.45) is 0. The molecule has 8 heteroatoms. The van der Waals surface area contributed by atoms with Gasteiger partial charge in [0.05, 0.1) is 8.68 Å². The molecule has 2 rings (SSSR count). The van der Waals surface area contributed by atoms with E-state index in [1.54, 1.807) is 12.1 Å². The Balaban J connectivity index is 2.09. The number of nitrogens with one attached hydrogen (secondary N) is 2. The van der Waals surface area contributed by atoms with E-state index >= 15 is 0 Å². The van der Waals surface area contributed by atoms with Gasteiger partial charge in [0.2, 0.25) is 10.0 Å². The number of hydrogen-bond acceptors (Lipinski definition) is 5. The largest absolute Gasteiger partial charge is 0.324 e. The quantitative estimate of drug-likeness (QED) is 0.563. The maximum atomic E-state index is 12.0. The van der Waals surface area contributed by atoms with Gasteiger partial charge in [0.1, 0.15) is 0 Å². The second kappa shape index (κ2) is 6.02. The predicted molar refractivity (Wildman–Crippen MR) is 80.3 cm³/mol. The number of halogens is 1. The van der Waals surface area contributed by atoms with Crippen LogP contribution in [0.25, 0.3) is 0 Å². The molecule has 0 aliphatic heterocycles. The van der Waals surface area contributed by atoms with E-state index in [1.807, 2.05) is 12.1 Å². The van der Waals surface area contributed by atoms with Crippen molar-refractivity contribution >= 4 is 43.0 Å². The molecule has 1 aromatic heterocycles. The SMILES string of the molecule is NNc1ccc(S(=O)(=O)NCc2ccc(Br)s2)cc1. The fourth-order valence-corrected chi connectivity index (χ4v) is 3.95. The maximum absolute atomic E-state index is 12.0. The van der Waals surface area contributed by atoms with Crippen LogP contribution in [0.5, 0.6) is 0 Å². The Labute approximate surface area is 124 Å². The van der Waals surface area contributed by atoms with E-state index in [-0.39, 0.29) is 11.4 Å². The molecule has 0 fully saturated rings. The summed E-state index contributed by atoms with van der Waals surface area (Å²) in [4.78, 5) is 1.15. The van der Waals surface area contributed by atoms with Crippen LogP contribution in [0, 0.1) is 0 Å². The minimum atomic E-state index is -3.50. The molecule has 0 unspecified atom stereocenters.